The van der Waals surface area contributed by atoms with Crippen molar-refractivity contribution in [3.63, 3.8) is 0 Å². The van der Waals surface area contributed by atoms with Crippen LogP contribution in [0.15, 0.2) is 4.52 Å². The first-order chi connectivity index (χ1) is 7.56. The number of carbonyl (C=O) groups is 1. The summed E-state index contributed by atoms with van der Waals surface area (Å²) in [5.74, 6) is -1.09. The Bertz CT molecular complexity index is 574. The van der Waals surface area contributed by atoms with Crippen molar-refractivity contribution >= 4 is 22.8 Å². The molecule has 0 saturated heterocycles. The number of nitrogens with two attached hydrogens (primary N) is 1. The highest BCUT2D eigenvalue weighted by molar-refractivity contribution is 6.04. The molecule has 0 radical (unpaired) electrons. The van der Waals surface area contributed by atoms with Gasteiger partial charge in [0.2, 0.25) is 0 Å². The minimum Gasteiger partial charge on any atom is -0.478 e. The number of nitrogen functional groups attached to an aromatic ring is 1. The van der Waals surface area contributed by atoms with Gasteiger partial charge in [-0.05, 0) is 13.3 Å². The molecule has 0 aliphatic carbocycles. The van der Waals surface area contributed by atoms with E-state index in [-0.39, 0.29) is 17.0 Å². The molecular weight excluding hydrogens is 210 g/mol. The molecule has 0 aliphatic heterocycles. The lowest BCUT2D eigenvalue weighted by Gasteiger charge is -2.04. The maximum atomic E-state index is 11.0. The second-order valence-electron chi connectivity index (χ2n) is 3.45. The third kappa shape index (κ3) is 1.30. The minimum absolute atomic E-state index is 0.0189. The van der Waals surface area contributed by atoms with Gasteiger partial charge in [0, 0.05) is 0 Å². The summed E-state index contributed by atoms with van der Waals surface area (Å²) in [6.07, 6.45) is 0.612. The highest BCUT2D eigenvalue weighted by Gasteiger charge is 2.20. The van der Waals surface area contributed by atoms with Gasteiger partial charge in [0.15, 0.2) is 0 Å². The summed E-state index contributed by atoms with van der Waals surface area (Å²) < 4.78 is 5.00. The lowest BCUT2D eigenvalue weighted by molar-refractivity contribution is 0.0697. The highest BCUT2D eigenvalue weighted by Crippen LogP contribution is 2.28. The molecule has 0 aromatic carbocycles. The van der Waals surface area contributed by atoms with Gasteiger partial charge in [-0.25, -0.2) is 9.78 Å². The van der Waals surface area contributed by atoms with Crippen LogP contribution in [0.5, 0.6) is 0 Å². The zero-order valence-corrected chi connectivity index (χ0v) is 8.94. The molecule has 0 spiro atoms. The Labute approximate surface area is 91.1 Å². The van der Waals surface area contributed by atoms with E-state index in [0.29, 0.717) is 23.2 Å². The summed E-state index contributed by atoms with van der Waals surface area (Å²) in [6.45, 7) is 3.46. The number of carboxylic acids is 1. The molecule has 2 heterocycles. The monoisotopic (exact) mass is 221 g/mol. The first kappa shape index (κ1) is 10.4. The summed E-state index contributed by atoms with van der Waals surface area (Å²) in [5.41, 5.74) is 7.26. The van der Waals surface area contributed by atoms with E-state index >= 15 is 0 Å². The number of rotatable bonds is 2. The van der Waals surface area contributed by atoms with Crippen molar-refractivity contribution in [1.82, 2.24) is 10.1 Å². The second kappa shape index (κ2) is 3.48. The molecule has 2 aromatic rings. The van der Waals surface area contributed by atoms with Crippen molar-refractivity contribution in [2.75, 3.05) is 5.73 Å². The lowest BCUT2D eigenvalue weighted by Crippen LogP contribution is -2.07. The minimum atomic E-state index is -1.09. The van der Waals surface area contributed by atoms with Gasteiger partial charge in [-0.15, -0.1) is 0 Å². The lowest BCUT2D eigenvalue weighted by atomic mass is 10.1. The Kier molecular flexibility index (Phi) is 2.26. The van der Waals surface area contributed by atoms with Crippen LogP contribution in [0.2, 0.25) is 0 Å². The molecule has 0 atom stereocenters. The van der Waals surface area contributed by atoms with E-state index in [1.54, 1.807) is 6.92 Å². The van der Waals surface area contributed by atoms with Crippen LogP contribution in [0.3, 0.4) is 0 Å². The van der Waals surface area contributed by atoms with Gasteiger partial charge < -0.3 is 15.4 Å². The molecule has 3 N–H and O–H groups in total. The van der Waals surface area contributed by atoms with Crippen molar-refractivity contribution in [3.8, 4) is 0 Å². The Morgan fingerprint density at radius 2 is 2.25 bits per heavy atom. The van der Waals surface area contributed by atoms with E-state index in [0.717, 1.165) is 0 Å². The van der Waals surface area contributed by atoms with E-state index in [1.165, 1.54) is 0 Å². The fourth-order valence-electron chi connectivity index (χ4n) is 1.70. The second-order valence-corrected chi connectivity index (χ2v) is 3.45. The molecule has 2 rings (SSSR count). The van der Waals surface area contributed by atoms with Gasteiger partial charge in [0.1, 0.15) is 5.56 Å². The zero-order chi connectivity index (χ0) is 11.9. The van der Waals surface area contributed by atoms with Gasteiger partial charge in [0.25, 0.3) is 5.71 Å². The van der Waals surface area contributed by atoms with Gasteiger partial charge >= 0.3 is 5.97 Å². The molecule has 0 amide bonds. The average molecular weight is 221 g/mol. The molecule has 6 heteroatoms. The molecular formula is C10H11N3O3. The van der Waals surface area contributed by atoms with Crippen LogP contribution >= 0.6 is 0 Å². The molecule has 0 bridgehead atoms. The molecule has 84 valence electrons. The number of hydrogen-bond donors (Lipinski definition) is 2. The normalized spacial score (nSPS) is 10.9. The molecule has 6 nitrogen and oxygen atoms in total. The number of aromatic nitrogens is 2. The number of anilines is 1. The standard InChI is InChI=1S/C10H11N3O3/c1-3-5-7-8(11)6(10(14)15)4(2)12-9(7)16-13-5/h3H2,1-2H3,(H2,11,12)(H,14,15). The molecule has 0 saturated carbocycles. The predicted molar refractivity (Wildman–Crippen MR) is 57.3 cm³/mol. The zero-order valence-electron chi connectivity index (χ0n) is 8.94. The number of aryl methyl sites for hydroxylation is 2. The smallest absolute Gasteiger partial charge is 0.339 e. The van der Waals surface area contributed by atoms with Crippen LogP contribution in [-0.4, -0.2) is 21.2 Å². The average Bonchev–Trinajstić information content (AvgIpc) is 2.59. The Morgan fingerprint density at radius 3 is 2.81 bits per heavy atom. The number of carboxylic acid groups (broad SMARTS) is 1. The summed E-state index contributed by atoms with van der Waals surface area (Å²) in [7, 11) is 0. The topological polar surface area (TPSA) is 102 Å². The largest absolute Gasteiger partial charge is 0.478 e. The number of pyridine rings is 1. The fourth-order valence-corrected chi connectivity index (χ4v) is 1.70. The highest BCUT2D eigenvalue weighted by atomic mass is 16.5. The summed E-state index contributed by atoms with van der Waals surface area (Å²) in [5, 5.41) is 13.3. The maximum absolute atomic E-state index is 11.0. The number of nitrogens with zero attached hydrogens (tertiary/aromatic N) is 2. The van der Waals surface area contributed by atoms with E-state index < -0.39 is 5.97 Å². The van der Waals surface area contributed by atoms with Crippen molar-refractivity contribution < 1.29 is 14.4 Å². The van der Waals surface area contributed by atoms with Crippen LogP contribution in [0.1, 0.15) is 28.7 Å². The first-order valence-corrected chi connectivity index (χ1v) is 4.83. The molecule has 0 aliphatic rings. The van der Waals surface area contributed by atoms with Gasteiger partial charge in [-0.3, -0.25) is 0 Å². The number of hydrogen-bond acceptors (Lipinski definition) is 5. The van der Waals surface area contributed by atoms with Crippen molar-refractivity contribution in [1.29, 1.82) is 0 Å². The van der Waals surface area contributed by atoms with Crippen molar-refractivity contribution in [2.24, 2.45) is 0 Å². The van der Waals surface area contributed by atoms with Gasteiger partial charge in [0.05, 0.1) is 22.5 Å². The third-order valence-electron chi connectivity index (χ3n) is 2.46. The summed E-state index contributed by atoms with van der Waals surface area (Å²) in [4.78, 5) is 15.1. The Morgan fingerprint density at radius 1 is 1.56 bits per heavy atom. The fraction of sp³-hybridized carbons (Fsp3) is 0.300. The number of fused-ring (bicyclic) bond motifs is 1. The van der Waals surface area contributed by atoms with Gasteiger partial charge in [-0.1, -0.05) is 12.1 Å². The van der Waals surface area contributed by atoms with Gasteiger partial charge in [-0.2, -0.15) is 0 Å². The third-order valence-corrected chi connectivity index (χ3v) is 2.46. The van der Waals surface area contributed by atoms with Crippen molar-refractivity contribution in [3.05, 3.63) is 17.0 Å². The Hall–Kier alpha value is -2.11. The summed E-state index contributed by atoms with van der Waals surface area (Å²) >= 11 is 0. The SMILES string of the molecule is CCc1noc2nc(C)c(C(=O)O)c(N)c12. The van der Waals surface area contributed by atoms with E-state index in [2.05, 4.69) is 10.1 Å². The van der Waals surface area contributed by atoms with Crippen molar-refractivity contribution in [2.45, 2.75) is 20.3 Å². The van der Waals surface area contributed by atoms with E-state index in [9.17, 15) is 4.79 Å². The summed E-state index contributed by atoms with van der Waals surface area (Å²) in [6, 6.07) is 0. The molecule has 2 aromatic heterocycles. The molecule has 0 unspecified atom stereocenters. The predicted octanol–water partition coefficient (Wildman–Crippen LogP) is 1.37. The van der Waals surface area contributed by atoms with E-state index in [1.807, 2.05) is 6.92 Å². The Balaban J connectivity index is 2.88. The first-order valence-electron chi connectivity index (χ1n) is 4.83. The van der Waals surface area contributed by atoms with Crippen LogP contribution < -0.4 is 5.73 Å². The van der Waals surface area contributed by atoms with Crippen LogP contribution in [0.25, 0.3) is 11.1 Å². The molecule has 16 heavy (non-hydrogen) atoms. The van der Waals surface area contributed by atoms with E-state index in [4.69, 9.17) is 15.4 Å². The van der Waals surface area contributed by atoms with Crippen LogP contribution in [-0.2, 0) is 6.42 Å². The van der Waals surface area contributed by atoms with Crippen LogP contribution in [0.4, 0.5) is 5.69 Å². The quantitative estimate of drug-likeness (QED) is 0.794. The number of aromatic carboxylic acids is 1. The maximum Gasteiger partial charge on any atom is 0.339 e. The molecule has 0 fully saturated rings. The van der Waals surface area contributed by atoms with Crippen LogP contribution in [0, 0.1) is 6.92 Å².